The smallest absolute Gasteiger partial charge is 0.115 e. The highest BCUT2D eigenvalue weighted by Gasteiger charge is 2.10. The highest BCUT2D eigenvalue weighted by molar-refractivity contribution is 5.26. The molecule has 0 saturated carbocycles. The number of rotatable bonds is 5. The quantitative estimate of drug-likeness (QED) is 0.884. The standard InChI is InChI=1S/C17H21NO/c1-14(12-15-8-10-17(19)11-9-15)18(2)13-16-6-4-3-5-7-16/h3-11,14,19H,12-13H2,1-2H3/t14-/m1/s1. The number of benzene rings is 2. The van der Waals surface area contributed by atoms with Gasteiger partial charge in [0.2, 0.25) is 0 Å². The van der Waals surface area contributed by atoms with Crippen LogP contribution in [-0.4, -0.2) is 23.1 Å². The van der Waals surface area contributed by atoms with Crippen LogP contribution in [0.1, 0.15) is 18.1 Å². The monoisotopic (exact) mass is 255 g/mol. The van der Waals surface area contributed by atoms with E-state index in [4.69, 9.17) is 0 Å². The zero-order valence-electron chi connectivity index (χ0n) is 11.6. The van der Waals surface area contributed by atoms with Crippen molar-refractivity contribution in [2.45, 2.75) is 25.9 Å². The number of phenols is 1. The molecule has 0 saturated heterocycles. The Morgan fingerprint density at radius 2 is 1.58 bits per heavy atom. The molecular formula is C17H21NO. The van der Waals surface area contributed by atoms with Crippen molar-refractivity contribution in [1.29, 1.82) is 0 Å². The molecule has 0 spiro atoms. The van der Waals surface area contributed by atoms with E-state index >= 15 is 0 Å². The maximum Gasteiger partial charge on any atom is 0.115 e. The molecule has 1 atom stereocenters. The Balaban J connectivity index is 1.92. The molecule has 2 rings (SSSR count). The van der Waals surface area contributed by atoms with Crippen LogP contribution in [0, 0.1) is 0 Å². The third-order valence-corrected chi connectivity index (χ3v) is 3.49. The fraction of sp³-hybridized carbons (Fsp3) is 0.294. The van der Waals surface area contributed by atoms with E-state index in [1.165, 1.54) is 11.1 Å². The van der Waals surface area contributed by atoms with Crippen molar-refractivity contribution in [3.05, 3.63) is 65.7 Å². The molecule has 0 amide bonds. The van der Waals surface area contributed by atoms with Crippen LogP contribution >= 0.6 is 0 Å². The number of nitrogens with zero attached hydrogens (tertiary/aromatic N) is 1. The Morgan fingerprint density at radius 3 is 2.21 bits per heavy atom. The van der Waals surface area contributed by atoms with Crippen LogP contribution in [0.25, 0.3) is 0 Å². The molecule has 0 fully saturated rings. The van der Waals surface area contributed by atoms with Crippen molar-refractivity contribution in [2.75, 3.05) is 7.05 Å². The lowest BCUT2D eigenvalue weighted by Crippen LogP contribution is -2.30. The van der Waals surface area contributed by atoms with Gasteiger partial charge in [-0.1, -0.05) is 42.5 Å². The van der Waals surface area contributed by atoms with E-state index in [-0.39, 0.29) is 0 Å². The molecule has 0 aliphatic rings. The molecule has 0 bridgehead atoms. The fourth-order valence-corrected chi connectivity index (χ4v) is 2.16. The predicted octanol–water partition coefficient (Wildman–Crippen LogP) is 3.46. The van der Waals surface area contributed by atoms with Crippen molar-refractivity contribution in [1.82, 2.24) is 4.90 Å². The summed E-state index contributed by atoms with van der Waals surface area (Å²) >= 11 is 0. The zero-order chi connectivity index (χ0) is 13.7. The maximum absolute atomic E-state index is 9.28. The second-order valence-corrected chi connectivity index (χ2v) is 5.12. The van der Waals surface area contributed by atoms with Gasteiger partial charge in [-0.2, -0.15) is 0 Å². The van der Waals surface area contributed by atoms with E-state index in [9.17, 15) is 5.11 Å². The van der Waals surface area contributed by atoms with Crippen LogP contribution < -0.4 is 0 Å². The van der Waals surface area contributed by atoms with Crippen LogP contribution in [0.15, 0.2) is 54.6 Å². The molecule has 1 N–H and O–H groups in total. The highest BCUT2D eigenvalue weighted by atomic mass is 16.3. The molecule has 0 unspecified atom stereocenters. The molecule has 0 aromatic heterocycles. The van der Waals surface area contributed by atoms with E-state index in [1.54, 1.807) is 12.1 Å². The number of aromatic hydroxyl groups is 1. The molecule has 0 aliphatic carbocycles. The van der Waals surface area contributed by atoms with Crippen LogP contribution in [0.2, 0.25) is 0 Å². The Bertz CT molecular complexity index is 492. The van der Waals surface area contributed by atoms with Gasteiger partial charge in [0.15, 0.2) is 0 Å². The average molecular weight is 255 g/mol. The summed E-state index contributed by atoms with van der Waals surface area (Å²) in [5.41, 5.74) is 2.59. The summed E-state index contributed by atoms with van der Waals surface area (Å²) in [7, 11) is 2.15. The van der Waals surface area contributed by atoms with Crippen molar-refractivity contribution in [3.63, 3.8) is 0 Å². The molecule has 2 nitrogen and oxygen atoms in total. The van der Waals surface area contributed by atoms with Gasteiger partial charge in [-0.05, 0) is 43.7 Å². The van der Waals surface area contributed by atoms with Crippen LogP contribution in [0.3, 0.4) is 0 Å². The number of phenolic OH excluding ortho intramolecular Hbond substituents is 1. The summed E-state index contributed by atoms with van der Waals surface area (Å²) in [6.07, 6.45) is 0.990. The van der Waals surface area contributed by atoms with E-state index < -0.39 is 0 Å². The lowest BCUT2D eigenvalue weighted by atomic mass is 10.1. The molecule has 0 heterocycles. The van der Waals surface area contributed by atoms with Gasteiger partial charge in [0.25, 0.3) is 0 Å². The minimum absolute atomic E-state index is 0.328. The normalized spacial score (nSPS) is 12.6. The van der Waals surface area contributed by atoms with Gasteiger partial charge in [0.1, 0.15) is 5.75 Å². The summed E-state index contributed by atoms with van der Waals surface area (Å²) in [4.78, 5) is 2.35. The molecule has 2 aromatic rings. The average Bonchev–Trinajstić information content (AvgIpc) is 2.42. The Labute approximate surface area is 115 Å². The first-order chi connectivity index (χ1) is 9.15. The SMILES string of the molecule is C[C@H](Cc1ccc(O)cc1)N(C)Cc1ccccc1. The van der Waals surface area contributed by atoms with E-state index in [0.717, 1.165) is 13.0 Å². The van der Waals surface area contributed by atoms with Gasteiger partial charge in [-0.3, -0.25) is 4.90 Å². The summed E-state index contributed by atoms with van der Waals surface area (Å²) in [6, 6.07) is 18.5. The largest absolute Gasteiger partial charge is 0.508 e. The van der Waals surface area contributed by atoms with E-state index in [2.05, 4.69) is 43.1 Å². The van der Waals surface area contributed by atoms with Gasteiger partial charge in [0.05, 0.1) is 0 Å². The second kappa shape index (κ2) is 6.39. The Kier molecular flexibility index (Phi) is 4.58. The predicted molar refractivity (Wildman–Crippen MR) is 79.2 cm³/mol. The minimum atomic E-state index is 0.328. The molecule has 19 heavy (non-hydrogen) atoms. The van der Waals surface area contributed by atoms with Gasteiger partial charge >= 0.3 is 0 Å². The van der Waals surface area contributed by atoms with Gasteiger partial charge < -0.3 is 5.11 Å². The lowest BCUT2D eigenvalue weighted by Gasteiger charge is -2.25. The summed E-state index contributed by atoms with van der Waals surface area (Å²) in [5, 5.41) is 9.28. The lowest BCUT2D eigenvalue weighted by molar-refractivity contribution is 0.248. The van der Waals surface area contributed by atoms with Crippen LogP contribution in [0.4, 0.5) is 0 Å². The first-order valence-electron chi connectivity index (χ1n) is 6.67. The molecule has 0 radical (unpaired) electrons. The maximum atomic E-state index is 9.28. The topological polar surface area (TPSA) is 23.5 Å². The molecular weight excluding hydrogens is 234 g/mol. The van der Waals surface area contributed by atoms with E-state index in [0.29, 0.717) is 11.8 Å². The highest BCUT2D eigenvalue weighted by Crippen LogP contribution is 2.14. The molecule has 0 aliphatic heterocycles. The first-order valence-corrected chi connectivity index (χ1v) is 6.67. The molecule has 2 heteroatoms. The number of hydrogen-bond acceptors (Lipinski definition) is 2. The third kappa shape index (κ3) is 4.11. The molecule has 100 valence electrons. The minimum Gasteiger partial charge on any atom is -0.508 e. The van der Waals surface area contributed by atoms with Gasteiger partial charge in [-0.25, -0.2) is 0 Å². The number of likely N-dealkylation sites (N-methyl/N-ethyl adjacent to an activating group) is 1. The van der Waals surface area contributed by atoms with Crippen LogP contribution in [-0.2, 0) is 13.0 Å². The van der Waals surface area contributed by atoms with Crippen molar-refractivity contribution < 1.29 is 5.11 Å². The number of hydrogen-bond donors (Lipinski definition) is 1. The van der Waals surface area contributed by atoms with Gasteiger partial charge in [0, 0.05) is 12.6 Å². The fourth-order valence-electron chi connectivity index (χ4n) is 2.16. The summed E-state index contributed by atoms with van der Waals surface area (Å²) in [6.45, 7) is 3.19. The van der Waals surface area contributed by atoms with Crippen molar-refractivity contribution >= 4 is 0 Å². The summed E-state index contributed by atoms with van der Waals surface area (Å²) < 4.78 is 0. The van der Waals surface area contributed by atoms with Crippen molar-refractivity contribution in [2.24, 2.45) is 0 Å². The molecule has 2 aromatic carbocycles. The third-order valence-electron chi connectivity index (χ3n) is 3.49. The zero-order valence-corrected chi connectivity index (χ0v) is 11.6. The van der Waals surface area contributed by atoms with Crippen LogP contribution in [0.5, 0.6) is 5.75 Å². The first kappa shape index (κ1) is 13.6. The van der Waals surface area contributed by atoms with Gasteiger partial charge in [-0.15, -0.1) is 0 Å². The Hall–Kier alpha value is -1.80. The van der Waals surface area contributed by atoms with E-state index in [1.807, 2.05) is 18.2 Å². The Morgan fingerprint density at radius 1 is 0.947 bits per heavy atom. The van der Waals surface area contributed by atoms with Crippen molar-refractivity contribution in [3.8, 4) is 5.75 Å². The second-order valence-electron chi connectivity index (χ2n) is 5.12. The summed E-state index contributed by atoms with van der Waals surface area (Å²) in [5.74, 6) is 0.328.